The molecule has 3 heterocycles. The van der Waals surface area contributed by atoms with Gasteiger partial charge in [-0.1, -0.05) is 6.92 Å². The van der Waals surface area contributed by atoms with Gasteiger partial charge < -0.3 is 4.57 Å². The van der Waals surface area contributed by atoms with Gasteiger partial charge in [0.1, 0.15) is 0 Å². The molecular weight excluding hydrogens is 368 g/mol. The summed E-state index contributed by atoms with van der Waals surface area (Å²) < 4.78 is 14.4. The third-order valence-corrected chi connectivity index (χ3v) is 6.13. The molecule has 0 aliphatic carbocycles. The quantitative estimate of drug-likeness (QED) is 0.499. The van der Waals surface area contributed by atoms with Crippen LogP contribution in [0.5, 0.6) is 0 Å². The predicted molar refractivity (Wildman–Crippen MR) is 114 cm³/mol. The summed E-state index contributed by atoms with van der Waals surface area (Å²) in [6.07, 6.45) is 7.49. The van der Waals surface area contributed by atoms with Gasteiger partial charge >= 0.3 is 0 Å². The molecule has 1 atom stereocenters. The number of pyridine rings is 1. The van der Waals surface area contributed by atoms with E-state index in [1.165, 1.54) is 0 Å². The highest BCUT2D eigenvalue weighted by Gasteiger charge is 2.14. The summed E-state index contributed by atoms with van der Waals surface area (Å²) in [5.41, 5.74) is 4.96. The lowest BCUT2D eigenvalue weighted by atomic mass is 10.1. The summed E-state index contributed by atoms with van der Waals surface area (Å²) >= 11 is 0. The van der Waals surface area contributed by atoms with E-state index in [4.69, 9.17) is 0 Å². The summed E-state index contributed by atoms with van der Waals surface area (Å²) in [6.45, 7) is 6.92. The maximum Gasteiger partial charge on any atom is 0.161 e. The molecule has 142 valence electrons. The number of aromatic nitrogens is 4. The molecule has 4 rings (SSSR count). The van der Waals surface area contributed by atoms with E-state index in [1.807, 2.05) is 56.6 Å². The lowest BCUT2D eigenvalue weighted by Gasteiger charge is -2.04. The van der Waals surface area contributed by atoms with Crippen LogP contribution in [-0.4, -0.2) is 29.5 Å². The summed E-state index contributed by atoms with van der Waals surface area (Å²) in [5, 5.41) is 1.03. The Bertz CT molecular complexity index is 1170. The topological polar surface area (TPSA) is 60.7 Å². The summed E-state index contributed by atoms with van der Waals surface area (Å²) in [6, 6.07) is 9.99. The van der Waals surface area contributed by atoms with Crippen LogP contribution >= 0.6 is 0 Å². The summed E-state index contributed by atoms with van der Waals surface area (Å²) in [4.78, 5) is 14.5. The van der Waals surface area contributed by atoms with Gasteiger partial charge in [-0.05, 0) is 49.7 Å². The van der Waals surface area contributed by atoms with Gasteiger partial charge in [0.2, 0.25) is 0 Å². The fourth-order valence-electron chi connectivity index (χ4n) is 3.32. The predicted octanol–water partition coefficient (Wildman–Crippen LogP) is 4.62. The number of hydrogen-bond acceptors (Lipinski definition) is 4. The maximum atomic E-state index is 12.3. The molecule has 0 saturated heterocycles. The average Bonchev–Trinajstić information content (AvgIpc) is 3.11. The van der Waals surface area contributed by atoms with E-state index in [0.717, 1.165) is 44.7 Å². The van der Waals surface area contributed by atoms with Crippen molar-refractivity contribution in [1.29, 1.82) is 0 Å². The first-order valence-electron chi connectivity index (χ1n) is 9.37. The second-order valence-electron chi connectivity index (χ2n) is 6.66. The second-order valence-corrected chi connectivity index (χ2v) is 8.40. The van der Waals surface area contributed by atoms with Gasteiger partial charge in [-0.15, -0.1) is 0 Å². The largest absolute Gasteiger partial charge is 0.347 e. The average molecular weight is 391 g/mol. The molecule has 0 N–H and O–H groups in total. The van der Waals surface area contributed by atoms with E-state index >= 15 is 0 Å². The van der Waals surface area contributed by atoms with Gasteiger partial charge in [-0.3, -0.25) is 9.19 Å². The van der Waals surface area contributed by atoms with Crippen LogP contribution in [0.15, 0.2) is 60.0 Å². The normalized spacial score (nSPS) is 12.4. The van der Waals surface area contributed by atoms with Gasteiger partial charge in [0.05, 0.1) is 16.5 Å². The molecule has 5 nitrogen and oxygen atoms in total. The number of benzene rings is 1. The van der Waals surface area contributed by atoms with Crippen LogP contribution in [0.3, 0.4) is 0 Å². The highest BCUT2D eigenvalue weighted by atomic mass is 32.2. The maximum absolute atomic E-state index is 12.3. The number of rotatable bonds is 5. The van der Waals surface area contributed by atoms with Crippen LogP contribution in [0.4, 0.5) is 0 Å². The van der Waals surface area contributed by atoms with Crippen LogP contribution in [0.2, 0.25) is 0 Å². The Morgan fingerprint density at radius 1 is 1.04 bits per heavy atom. The van der Waals surface area contributed by atoms with Crippen LogP contribution < -0.4 is 0 Å². The van der Waals surface area contributed by atoms with E-state index in [2.05, 4.69) is 32.6 Å². The lowest BCUT2D eigenvalue weighted by molar-refractivity contribution is 0.684. The zero-order valence-corrected chi connectivity index (χ0v) is 17.0. The van der Waals surface area contributed by atoms with Crippen molar-refractivity contribution in [3.8, 4) is 22.6 Å². The van der Waals surface area contributed by atoms with Crippen molar-refractivity contribution in [2.75, 3.05) is 5.75 Å². The second kappa shape index (κ2) is 7.64. The van der Waals surface area contributed by atoms with E-state index in [0.29, 0.717) is 11.6 Å². The standard InChI is InChI=1S/C22H22N4OS/c1-4-26-14-19(18-11-17(28(27)5-2)6-7-21(18)26)22-24-12-16(13-25-22)20-10-15(3)8-9-23-20/h6-14H,4-5H2,1-3H3. The van der Waals surface area contributed by atoms with Crippen molar-refractivity contribution >= 4 is 21.7 Å². The Morgan fingerprint density at radius 3 is 2.50 bits per heavy atom. The van der Waals surface area contributed by atoms with Gasteiger partial charge in [0.25, 0.3) is 0 Å². The van der Waals surface area contributed by atoms with E-state index in [-0.39, 0.29) is 0 Å². The molecule has 3 aromatic heterocycles. The van der Waals surface area contributed by atoms with Crippen molar-refractivity contribution in [2.24, 2.45) is 0 Å². The Balaban J connectivity index is 1.80. The Labute approximate surface area is 167 Å². The minimum Gasteiger partial charge on any atom is -0.347 e. The molecule has 0 amide bonds. The molecule has 1 aromatic carbocycles. The zero-order valence-electron chi connectivity index (χ0n) is 16.2. The molecule has 0 fully saturated rings. The molecule has 0 radical (unpaired) electrons. The summed E-state index contributed by atoms with van der Waals surface area (Å²) in [5.74, 6) is 1.26. The fraction of sp³-hybridized carbons (Fsp3) is 0.227. The monoisotopic (exact) mass is 390 g/mol. The Hall–Kier alpha value is -2.86. The van der Waals surface area contributed by atoms with Crippen molar-refractivity contribution in [1.82, 2.24) is 19.5 Å². The molecule has 0 spiro atoms. The zero-order chi connectivity index (χ0) is 19.7. The van der Waals surface area contributed by atoms with Crippen LogP contribution in [-0.2, 0) is 17.3 Å². The van der Waals surface area contributed by atoms with Crippen molar-refractivity contribution in [3.63, 3.8) is 0 Å². The minimum absolute atomic E-state index is 0.601. The van der Waals surface area contributed by atoms with Gasteiger partial charge in [0, 0.05) is 64.0 Å². The third-order valence-electron chi connectivity index (χ3n) is 4.82. The van der Waals surface area contributed by atoms with Crippen molar-refractivity contribution in [2.45, 2.75) is 32.2 Å². The highest BCUT2D eigenvalue weighted by molar-refractivity contribution is 7.85. The molecule has 0 aliphatic heterocycles. The fourth-order valence-corrected chi connectivity index (χ4v) is 4.12. The third kappa shape index (κ3) is 3.36. The van der Waals surface area contributed by atoms with Crippen LogP contribution in [0.1, 0.15) is 19.4 Å². The lowest BCUT2D eigenvalue weighted by Crippen LogP contribution is -1.95. The molecule has 0 aliphatic rings. The minimum atomic E-state index is -0.993. The molecule has 1 unspecified atom stereocenters. The number of hydrogen-bond donors (Lipinski definition) is 0. The smallest absolute Gasteiger partial charge is 0.161 e. The van der Waals surface area contributed by atoms with E-state index in [9.17, 15) is 4.21 Å². The Morgan fingerprint density at radius 2 is 1.82 bits per heavy atom. The van der Waals surface area contributed by atoms with Gasteiger partial charge in [0.15, 0.2) is 5.82 Å². The van der Waals surface area contributed by atoms with Gasteiger partial charge in [-0.2, -0.15) is 0 Å². The number of fused-ring (bicyclic) bond motifs is 1. The van der Waals surface area contributed by atoms with E-state index in [1.54, 1.807) is 6.20 Å². The van der Waals surface area contributed by atoms with Gasteiger partial charge in [-0.25, -0.2) is 9.97 Å². The highest BCUT2D eigenvalue weighted by Crippen LogP contribution is 2.31. The van der Waals surface area contributed by atoms with Crippen molar-refractivity contribution < 1.29 is 4.21 Å². The molecule has 0 saturated carbocycles. The first kappa shape index (κ1) is 18.5. The molecule has 6 heteroatoms. The first-order chi connectivity index (χ1) is 13.6. The SMILES string of the molecule is CCn1cc(-c2ncc(-c3cc(C)ccn3)cn2)c2cc(S(=O)CC)ccc21. The van der Waals surface area contributed by atoms with E-state index < -0.39 is 10.8 Å². The molecule has 28 heavy (non-hydrogen) atoms. The molecule has 4 aromatic rings. The molecular formula is C22H22N4OS. The number of aryl methyl sites for hydroxylation is 2. The molecule has 0 bridgehead atoms. The number of nitrogens with zero attached hydrogens (tertiary/aromatic N) is 4. The Kier molecular flexibility index (Phi) is 5.05. The van der Waals surface area contributed by atoms with Crippen LogP contribution in [0.25, 0.3) is 33.5 Å². The van der Waals surface area contributed by atoms with Crippen molar-refractivity contribution in [3.05, 3.63) is 60.7 Å². The van der Waals surface area contributed by atoms with Crippen LogP contribution in [0, 0.1) is 6.92 Å². The summed E-state index contributed by atoms with van der Waals surface area (Å²) in [7, 11) is -0.993. The first-order valence-corrected chi connectivity index (χ1v) is 10.7.